The average Bonchev–Trinajstić information content (AvgIpc) is 3.38. The second kappa shape index (κ2) is 16.0. The Bertz CT molecular complexity index is 883. The van der Waals surface area contributed by atoms with Crippen LogP contribution in [0.15, 0.2) is 30.3 Å². The maximum Gasteiger partial charge on any atom is 0.326 e. The van der Waals surface area contributed by atoms with Gasteiger partial charge in [-0.05, 0) is 63.6 Å². The van der Waals surface area contributed by atoms with E-state index in [1.807, 2.05) is 30.3 Å². The zero-order valence-corrected chi connectivity index (χ0v) is 21.4. The van der Waals surface area contributed by atoms with Crippen LogP contribution in [0.4, 0.5) is 0 Å². The predicted molar refractivity (Wildman–Crippen MR) is 140 cm³/mol. The molecule has 11 nitrogen and oxygen atoms in total. The molecule has 4 unspecified atom stereocenters. The third-order valence-corrected chi connectivity index (χ3v) is 6.60. The van der Waals surface area contributed by atoms with Crippen molar-refractivity contribution >= 4 is 23.7 Å². The average molecular weight is 519 g/mol. The van der Waals surface area contributed by atoms with Gasteiger partial charge in [-0.1, -0.05) is 36.8 Å². The summed E-state index contributed by atoms with van der Waals surface area (Å²) >= 11 is 0. The lowest BCUT2D eigenvalue weighted by Gasteiger charge is -2.29. The van der Waals surface area contributed by atoms with Crippen LogP contribution in [0.3, 0.4) is 0 Å². The summed E-state index contributed by atoms with van der Waals surface area (Å²) in [7, 11) is 0. The fourth-order valence-electron chi connectivity index (χ4n) is 4.50. The second-order valence-corrected chi connectivity index (χ2v) is 9.52. The van der Waals surface area contributed by atoms with Gasteiger partial charge in [0.1, 0.15) is 18.1 Å². The lowest BCUT2D eigenvalue weighted by Crippen LogP contribution is -2.57. The first-order valence-corrected chi connectivity index (χ1v) is 13.1. The van der Waals surface area contributed by atoms with Gasteiger partial charge in [-0.15, -0.1) is 0 Å². The van der Waals surface area contributed by atoms with Gasteiger partial charge in [0.05, 0.1) is 6.04 Å². The van der Waals surface area contributed by atoms with Crippen LogP contribution in [0.5, 0.6) is 0 Å². The van der Waals surface area contributed by atoms with Gasteiger partial charge in [-0.3, -0.25) is 14.4 Å². The molecule has 9 N–H and O–H groups in total. The van der Waals surface area contributed by atoms with E-state index in [2.05, 4.69) is 10.6 Å². The van der Waals surface area contributed by atoms with E-state index in [0.717, 1.165) is 18.4 Å². The van der Waals surface area contributed by atoms with Gasteiger partial charge in [0, 0.05) is 13.0 Å². The summed E-state index contributed by atoms with van der Waals surface area (Å²) in [5, 5.41) is 14.9. The number of rotatable bonds is 16. The van der Waals surface area contributed by atoms with Crippen molar-refractivity contribution in [2.45, 2.75) is 82.0 Å². The minimum Gasteiger partial charge on any atom is -0.480 e. The van der Waals surface area contributed by atoms with Crippen molar-refractivity contribution in [3.8, 4) is 0 Å². The smallest absolute Gasteiger partial charge is 0.326 e. The van der Waals surface area contributed by atoms with E-state index in [-0.39, 0.29) is 18.7 Å². The molecule has 1 aliphatic rings. The number of carboxylic acid groups (broad SMARTS) is 1. The Morgan fingerprint density at radius 3 is 2.22 bits per heavy atom. The molecule has 0 radical (unpaired) electrons. The molecule has 0 spiro atoms. The Morgan fingerprint density at radius 2 is 1.59 bits per heavy atom. The Balaban J connectivity index is 2.12. The monoisotopic (exact) mass is 518 g/mol. The SMILES string of the molecule is NCCCCC(N)C(=O)N1CCCC1C(=O)NC(Cc1ccccc1)C(=O)NC(CCCCN)C(=O)O. The first kappa shape index (κ1) is 30.2. The predicted octanol–water partition coefficient (Wildman–Crippen LogP) is -0.140. The number of likely N-dealkylation sites (tertiary alicyclic amines) is 1. The fourth-order valence-corrected chi connectivity index (χ4v) is 4.50. The van der Waals surface area contributed by atoms with Crippen molar-refractivity contribution < 1.29 is 24.3 Å². The molecule has 1 heterocycles. The molecular weight excluding hydrogens is 476 g/mol. The molecule has 0 saturated carbocycles. The van der Waals surface area contributed by atoms with Gasteiger partial charge in [0.2, 0.25) is 17.7 Å². The highest BCUT2D eigenvalue weighted by atomic mass is 16.4. The van der Waals surface area contributed by atoms with Crippen LogP contribution in [-0.4, -0.2) is 77.5 Å². The minimum absolute atomic E-state index is 0.173. The second-order valence-electron chi connectivity index (χ2n) is 9.52. The number of carbonyl (C=O) groups is 4. The van der Waals surface area contributed by atoms with Crippen molar-refractivity contribution in [3.05, 3.63) is 35.9 Å². The Kier molecular flexibility index (Phi) is 13.0. The number of aliphatic carboxylic acids is 1. The third-order valence-electron chi connectivity index (χ3n) is 6.60. The first-order chi connectivity index (χ1) is 17.8. The summed E-state index contributed by atoms with van der Waals surface area (Å²) in [5.41, 5.74) is 17.9. The van der Waals surface area contributed by atoms with Gasteiger partial charge < -0.3 is 37.8 Å². The Morgan fingerprint density at radius 1 is 0.946 bits per heavy atom. The van der Waals surface area contributed by atoms with E-state index >= 15 is 0 Å². The number of nitrogens with one attached hydrogen (secondary N) is 2. The zero-order chi connectivity index (χ0) is 27.2. The van der Waals surface area contributed by atoms with E-state index in [1.54, 1.807) is 0 Å². The molecular formula is C26H42N6O5. The molecule has 0 bridgehead atoms. The number of unbranched alkanes of at least 4 members (excludes halogenated alkanes) is 2. The highest BCUT2D eigenvalue weighted by Crippen LogP contribution is 2.20. The highest BCUT2D eigenvalue weighted by Gasteiger charge is 2.37. The number of amides is 3. The van der Waals surface area contributed by atoms with E-state index < -0.39 is 42.0 Å². The number of benzene rings is 1. The van der Waals surface area contributed by atoms with Crippen LogP contribution < -0.4 is 27.8 Å². The molecule has 3 amide bonds. The largest absolute Gasteiger partial charge is 0.480 e. The molecule has 1 aromatic carbocycles. The summed E-state index contributed by atoms with van der Waals surface area (Å²) in [4.78, 5) is 52.7. The molecule has 206 valence electrons. The van der Waals surface area contributed by atoms with Crippen LogP contribution in [0.25, 0.3) is 0 Å². The number of nitrogens with zero attached hydrogens (tertiary/aromatic N) is 1. The molecule has 1 saturated heterocycles. The zero-order valence-electron chi connectivity index (χ0n) is 21.4. The molecule has 1 aliphatic heterocycles. The molecule has 37 heavy (non-hydrogen) atoms. The van der Waals surface area contributed by atoms with E-state index in [1.165, 1.54) is 4.90 Å². The maximum atomic E-state index is 13.3. The Hall–Kier alpha value is -3.02. The number of carbonyl (C=O) groups excluding carboxylic acids is 3. The summed E-state index contributed by atoms with van der Waals surface area (Å²) in [5.74, 6) is -2.48. The number of hydrogen-bond donors (Lipinski definition) is 6. The standard InChI is InChI=1S/C26H42N6O5/c27-14-6-4-11-19(29)25(35)32-16-8-13-22(32)24(34)31-21(17-18-9-2-1-3-10-18)23(33)30-20(26(36)37)12-5-7-15-28/h1-3,9-10,19-22H,4-8,11-17,27-29H2,(H,30,33)(H,31,34)(H,36,37). The molecule has 1 fully saturated rings. The molecule has 0 aliphatic carbocycles. The highest BCUT2D eigenvalue weighted by molar-refractivity contribution is 5.94. The van der Waals surface area contributed by atoms with Gasteiger partial charge in [0.15, 0.2) is 0 Å². The van der Waals surface area contributed by atoms with Crippen molar-refractivity contribution in [1.29, 1.82) is 0 Å². The number of nitrogens with two attached hydrogens (primary N) is 3. The molecule has 11 heteroatoms. The van der Waals surface area contributed by atoms with Gasteiger partial charge in [0.25, 0.3) is 0 Å². The van der Waals surface area contributed by atoms with Crippen LogP contribution in [0, 0.1) is 0 Å². The van der Waals surface area contributed by atoms with Crippen LogP contribution in [-0.2, 0) is 25.6 Å². The lowest BCUT2D eigenvalue weighted by atomic mass is 10.0. The molecule has 1 aromatic rings. The van der Waals surface area contributed by atoms with Crippen molar-refractivity contribution in [1.82, 2.24) is 15.5 Å². The number of carboxylic acids is 1. The topological polar surface area (TPSA) is 194 Å². The minimum atomic E-state index is -1.15. The van der Waals surface area contributed by atoms with Crippen LogP contribution in [0.2, 0.25) is 0 Å². The molecule has 4 atom stereocenters. The van der Waals surface area contributed by atoms with E-state index in [4.69, 9.17) is 17.2 Å². The van der Waals surface area contributed by atoms with Crippen LogP contribution in [0.1, 0.15) is 56.9 Å². The lowest BCUT2D eigenvalue weighted by molar-refractivity contribution is -0.143. The van der Waals surface area contributed by atoms with Gasteiger partial charge >= 0.3 is 5.97 Å². The van der Waals surface area contributed by atoms with Gasteiger partial charge in [-0.2, -0.15) is 0 Å². The first-order valence-electron chi connectivity index (χ1n) is 13.1. The summed E-state index contributed by atoms with van der Waals surface area (Å²) in [6.07, 6.45) is 4.69. The quantitative estimate of drug-likeness (QED) is 0.163. The normalized spacial score (nSPS) is 17.6. The van der Waals surface area contributed by atoms with E-state index in [9.17, 15) is 24.3 Å². The Labute approximate surface area is 218 Å². The van der Waals surface area contributed by atoms with Crippen molar-refractivity contribution in [3.63, 3.8) is 0 Å². The summed E-state index contributed by atoms with van der Waals surface area (Å²) < 4.78 is 0. The summed E-state index contributed by atoms with van der Waals surface area (Å²) in [6.45, 7) is 1.37. The molecule has 0 aromatic heterocycles. The maximum absolute atomic E-state index is 13.3. The van der Waals surface area contributed by atoms with Crippen molar-refractivity contribution in [2.75, 3.05) is 19.6 Å². The fraction of sp³-hybridized carbons (Fsp3) is 0.615. The third kappa shape index (κ3) is 9.75. The molecule has 2 rings (SSSR count). The number of hydrogen-bond acceptors (Lipinski definition) is 7. The van der Waals surface area contributed by atoms with E-state index in [0.29, 0.717) is 51.7 Å². The van der Waals surface area contributed by atoms with Crippen molar-refractivity contribution in [2.24, 2.45) is 17.2 Å². The van der Waals surface area contributed by atoms with Crippen LogP contribution >= 0.6 is 0 Å². The summed E-state index contributed by atoms with van der Waals surface area (Å²) in [6, 6.07) is 5.58. The van der Waals surface area contributed by atoms with Gasteiger partial charge in [-0.25, -0.2) is 4.79 Å².